The van der Waals surface area contributed by atoms with Crippen LogP contribution in [0.4, 0.5) is 4.79 Å². The molecule has 1 amide bonds. The lowest BCUT2D eigenvalue weighted by molar-refractivity contribution is 0.177. The van der Waals surface area contributed by atoms with Gasteiger partial charge in [-0.05, 0) is 17.7 Å². The van der Waals surface area contributed by atoms with E-state index in [1.54, 1.807) is 20.3 Å². The molecule has 0 aromatic heterocycles. The molecule has 1 N–H and O–H groups in total. The molecule has 86 valence electrons. The summed E-state index contributed by atoms with van der Waals surface area (Å²) >= 11 is 0. The number of amides is 1. The van der Waals surface area contributed by atoms with E-state index < -0.39 is 6.09 Å². The lowest BCUT2D eigenvalue weighted by Gasteiger charge is -2.11. The van der Waals surface area contributed by atoms with Crippen molar-refractivity contribution in [1.29, 1.82) is 0 Å². The van der Waals surface area contributed by atoms with Crippen molar-refractivity contribution >= 4 is 6.09 Å². The molecule has 0 bridgehead atoms. The number of cyclic esters (lactones) is 1. The smallest absolute Gasteiger partial charge is 0.407 e. The number of benzene rings is 1. The van der Waals surface area contributed by atoms with Crippen LogP contribution >= 0.6 is 0 Å². The third kappa shape index (κ3) is 2.03. The van der Waals surface area contributed by atoms with Crippen LogP contribution in [0.15, 0.2) is 18.2 Å². The van der Waals surface area contributed by atoms with Crippen LogP contribution in [0.3, 0.4) is 0 Å². The molecule has 0 saturated carbocycles. The normalized spacial score (nSPS) is 18.9. The summed E-state index contributed by atoms with van der Waals surface area (Å²) in [5.74, 6) is 1.38. The van der Waals surface area contributed by atoms with E-state index in [0.29, 0.717) is 18.1 Å². The first-order valence-electron chi connectivity index (χ1n) is 4.89. The van der Waals surface area contributed by atoms with Gasteiger partial charge in [0.05, 0.1) is 20.3 Å². The molecule has 1 aromatic rings. The third-order valence-corrected chi connectivity index (χ3v) is 2.45. The minimum absolute atomic E-state index is 0.142. The van der Waals surface area contributed by atoms with Crippen LogP contribution in [0.25, 0.3) is 0 Å². The van der Waals surface area contributed by atoms with Crippen LogP contribution in [-0.4, -0.2) is 26.9 Å². The maximum absolute atomic E-state index is 10.9. The maximum Gasteiger partial charge on any atom is 0.407 e. The average molecular weight is 223 g/mol. The Kier molecular flexibility index (Phi) is 2.85. The highest BCUT2D eigenvalue weighted by molar-refractivity contribution is 5.70. The number of carbonyl (C=O) groups is 1. The fourth-order valence-corrected chi connectivity index (χ4v) is 1.59. The molecule has 1 fully saturated rings. The number of hydrogen-bond donors (Lipinski definition) is 1. The summed E-state index contributed by atoms with van der Waals surface area (Å²) in [6.07, 6.45) is -0.396. The second-order valence-corrected chi connectivity index (χ2v) is 3.44. The SMILES string of the molecule is COc1cc(OC)cc(C2COC(=O)N2)c1. The molecule has 1 saturated heterocycles. The fourth-order valence-electron chi connectivity index (χ4n) is 1.59. The molecule has 1 unspecified atom stereocenters. The molecule has 0 radical (unpaired) electrons. The van der Waals surface area contributed by atoms with Crippen molar-refractivity contribution in [3.8, 4) is 11.5 Å². The van der Waals surface area contributed by atoms with Gasteiger partial charge in [-0.3, -0.25) is 0 Å². The van der Waals surface area contributed by atoms with Gasteiger partial charge in [0.25, 0.3) is 0 Å². The minimum Gasteiger partial charge on any atom is -0.497 e. The predicted octanol–water partition coefficient (Wildman–Crippen LogP) is 1.48. The molecule has 1 aromatic carbocycles. The topological polar surface area (TPSA) is 56.8 Å². The number of ether oxygens (including phenoxy) is 3. The summed E-state index contributed by atoms with van der Waals surface area (Å²) in [6.45, 7) is 0.329. The number of carbonyl (C=O) groups excluding carboxylic acids is 1. The molecule has 2 rings (SSSR count). The Morgan fingerprint density at radius 1 is 1.25 bits per heavy atom. The van der Waals surface area contributed by atoms with Gasteiger partial charge >= 0.3 is 6.09 Å². The van der Waals surface area contributed by atoms with Crippen LogP contribution in [0.5, 0.6) is 11.5 Å². The Morgan fingerprint density at radius 2 is 1.88 bits per heavy atom. The van der Waals surface area contributed by atoms with Crippen molar-refractivity contribution in [3.63, 3.8) is 0 Å². The summed E-state index contributed by atoms with van der Waals surface area (Å²) in [5, 5.41) is 2.70. The molecular formula is C11H13NO4. The van der Waals surface area contributed by atoms with Crippen LogP contribution in [0, 0.1) is 0 Å². The van der Waals surface area contributed by atoms with Gasteiger partial charge in [0, 0.05) is 6.07 Å². The molecule has 1 heterocycles. The molecule has 0 aliphatic carbocycles. The Bertz CT molecular complexity index is 383. The van der Waals surface area contributed by atoms with E-state index in [9.17, 15) is 4.79 Å². The second kappa shape index (κ2) is 4.30. The largest absolute Gasteiger partial charge is 0.497 e. The van der Waals surface area contributed by atoms with E-state index >= 15 is 0 Å². The number of rotatable bonds is 3. The summed E-state index contributed by atoms with van der Waals surface area (Å²) in [7, 11) is 3.17. The van der Waals surface area contributed by atoms with Crippen molar-refractivity contribution in [2.75, 3.05) is 20.8 Å². The highest BCUT2D eigenvalue weighted by Gasteiger charge is 2.24. The maximum atomic E-state index is 10.9. The summed E-state index contributed by atoms with van der Waals surface area (Å²) in [4.78, 5) is 10.9. The number of hydrogen-bond acceptors (Lipinski definition) is 4. The first-order valence-corrected chi connectivity index (χ1v) is 4.89. The van der Waals surface area contributed by atoms with Gasteiger partial charge in [-0.25, -0.2) is 4.79 Å². The van der Waals surface area contributed by atoms with E-state index in [1.807, 2.05) is 12.1 Å². The molecule has 0 spiro atoms. The summed E-state index contributed by atoms with van der Waals surface area (Å²) in [6, 6.07) is 5.34. The third-order valence-electron chi connectivity index (χ3n) is 2.45. The van der Waals surface area contributed by atoms with Crippen molar-refractivity contribution in [1.82, 2.24) is 5.32 Å². The van der Waals surface area contributed by atoms with Crippen LogP contribution in [-0.2, 0) is 4.74 Å². The molecule has 5 heteroatoms. The van der Waals surface area contributed by atoms with Gasteiger partial charge in [0.2, 0.25) is 0 Å². The van der Waals surface area contributed by atoms with Crippen molar-refractivity contribution in [3.05, 3.63) is 23.8 Å². The first-order chi connectivity index (χ1) is 7.72. The molecule has 1 aliphatic rings. The van der Waals surface area contributed by atoms with Gasteiger partial charge in [-0.15, -0.1) is 0 Å². The Labute approximate surface area is 93.3 Å². The van der Waals surface area contributed by atoms with Gasteiger partial charge in [0.1, 0.15) is 18.1 Å². The zero-order valence-corrected chi connectivity index (χ0v) is 9.15. The standard InChI is InChI=1S/C11H13NO4/c1-14-8-3-7(4-9(5-8)15-2)10-6-16-11(13)12-10/h3-5,10H,6H2,1-2H3,(H,12,13). The monoisotopic (exact) mass is 223 g/mol. The molecule has 5 nitrogen and oxygen atoms in total. The number of alkyl carbamates (subject to hydrolysis) is 1. The Balaban J connectivity index is 2.29. The van der Waals surface area contributed by atoms with Gasteiger partial charge in [-0.2, -0.15) is 0 Å². The molecule has 1 atom stereocenters. The van der Waals surface area contributed by atoms with Crippen LogP contribution in [0.1, 0.15) is 11.6 Å². The van der Waals surface area contributed by atoms with Gasteiger partial charge in [-0.1, -0.05) is 0 Å². The van der Waals surface area contributed by atoms with Crippen molar-refractivity contribution in [2.24, 2.45) is 0 Å². The quantitative estimate of drug-likeness (QED) is 0.843. The number of nitrogens with one attached hydrogen (secondary N) is 1. The van der Waals surface area contributed by atoms with E-state index in [-0.39, 0.29) is 6.04 Å². The predicted molar refractivity (Wildman–Crippen MR) is 56.8 cm³/mol. The van der Waals surface area contributed by atoms with E-state index in [4.69, 9.17) is 14.2 Å². The zero-order chi connectivity index (χ0) is 11.5. The van der Waals surface area contributed by atoms with Crippen molar-refractivity contribution < 1.29 is 19.0 Å². The molecule has 16 heavy (non-hydrogen) atoms. The van der Waals surface area contributed by atoms with Crippen molar-refractivity contribution in [2.45, 2.75) is 6.04 Å². The van der Waals surface area contributed by atoms with E-state index in [1.165, 1.54) is 0 Å². The minimum atomic E-state index is -0.396. The van der Waals surface area contributed by atoms with Gasteiger partial charge < -0.3 is 19.5 Å². The lowest BCUT2D eigenvalue weighted by atomic mass is 10.1. The van der Waals surface area contributed by atoms with E-state index in [2.05, 4.69) is 5.32 Å². The zero-order valence-electron chi connectivity index (χ0n) is 9.15. The summed E-state index contributed by atoms with van der Waals surface area (Å²) < 4.78 is 15.1. The Hall–Kier alpha value is -1.91. The fraction of sp³-hybridized carbons (Fsp3) is 0.364. The lowest BCUT2D eigenvalue weighted by Crippen LogP contribution is -2.18. The van der Waals surface area contributed by atoms with Crippen LogP contribution < -0.4 is 14.8 Å². The average Bonchev–Trinajstić information content (AvgIpc) is 2.75. The first kappa shape index (κ1) is 10.6. The summed E-state index contributed by atoms with van der Waals surface area (Å²) in [5.41, 5.74) is 0.905. The highest BCUT2D eigenvalue weighted by atomic mass is 16.6. The Morgan fingerprint density at radius 3 is 2.31 bits per heavy atom. The van der Waals surface area contributed by atoms with Crippen LogP contribution in [0.2, 0.25) is 0 Å². The number of methoxy groups -OCH3 is 2. The second-order valence-electron chi connectivity index (χ2n) is 3.44. The highest BCUT2D eigenvalue weighted by Crippen LogP contribution is 2.28. The van der Waals surface area contributed by atoms with E-state index in [0.717, 1.165) is 5.56 Å². The van der Waals surface area contributed by atoms with Gasteiger partial charge in [0.15, 0.2) is 0 Å². The molecule has 1 aliphatic heterocycles. The molecular weight excluding hydrogens is 210 g/mol.